The van der Waals surface area contributed by atoms with E-state index >= 15 is 0 Å². The summed E-state index contributed by atoms with van der Waals surface area (Å²) in [6.07, 6.45) is 3.42. The summed E-state index contributed by atoms with van der Waals surface area (Å²) in [5, 5.41) is 0. The van der Waals surface area contributed by atoms with Crippen molar-refractivity contribution in [2.75, 3.05) is 6.54 Å². The van der Waals surface area contributed by atoms with Gasteiger partial charge in [-0.15, -0.1) is 24.8 Å². The highest BCUT2D eigenvalue weighted by Crippen LogP contribution is 1.92. The van der Waals surface area contributed by atoms with Crippen LogP contribution in [0.2, 0.25) is 0 Å². The largest absolute Gasteiger partial charge is 0.340 e. The van der Waals surface area contributed by atoms with Gasteiger partial charge in [0.25, 0.3) is 0 Å². The molecule has 5 heteroatoms. The average molecular weight is 202 g/mol. The molecule has 0 unspecified atom stereocenters. The number of hydrogen-bond donors (Lipinski definition) is 1. The number of aryl methyl sites for hydroxylation is 1. The summed E-state index contributed by atoms with van der Waals surface area (Å²) < 4.78 is 22.2. The molecular formula is C6H13Cl2N3. The van der Waals surface area contributed by atoms with Gasteiger partial charge in [0.15, 0.2) is 0 Å². The minimum Gasteiger partial charge on any atom is -0.340 e. The third kappa shape index (κ3) is 4.24. The summed E-state index contributed by atoms with van der Waals surface area (Å²) in [6, 6.07) is 0. The van der Waals surface area contributed by atoms with E-state index in [1.54, 1.807) is 0 Å². The molecule has 11 heavy (non-hydrogen) atoms. The molecule has 0 aliphatic heterocycles. The van der Waals surface area contributed by atoms with Crippen molar-refractivity contribution in [2.45, 2.75) is 6.42 Å². The van der Waals surface area contributed by atoms with E-state index in [1.807, 2.05) is 0 Å². The summed E-state index contributed by atoms with van der Waals surface area (Å²) in [6.45, 7) is -1.64. The van der Waals surface area contributed by atoms with Gasteiger partial charge in [0.05, 0.1) is 12.0 Å². The Morgan fingerprint density at radius 3 is 2.91 bits per heavy atom. The fraction of sp³-hybridized carbons (Fsp3) is 0.500. The first-order valence-electron chi connectivity index (χ1n) is 4.27. The Hall–Kier alpha value is -0.250. The topological polar surface area (TPSA) is 43.8 Å². The summed E-state index contributed by atoms with van der Waals surface area (Å²) in [4.78, 5) is 3.90. The van der Waals surface area contributed by atoms with E-state index in [9.17, 15) is 0 Å². The molecule has 0 aliphatic rings. The van der Waals surface area contributed by atoms with Crippen molar-refractivity contribution >= 4 is 24.8 Å². The molecule has 0 fully saturated rings. The third-order valence-corrected chi connectivity index (χ3v) is 1.04. The number of hydrogen-bond acceptors (Lipinski definition) is 2. The predicted octanol–water partition coefficient (Wildman–Crippen LogP) is 0.765. The first kappa shape index (κ1) is 7.40. The van der Waals surface area contributed by atoms with E-state index in [0.29, 0.717) is 18.7 Å². The molecule has 0 bridgehead atoms. The first-order chi connectivity index (χ1) is 5.54. The molecule has 0 atom stereocenters. The smallest absolute Gasteiger partial charge is 0.0946 e. The van der Waals surface area contributed by atoms with Crippen LogP contribution in [-0.2, 0) is 13.4 Å². The van der Waals surface area contributed by atoms with Gasteiger partial charge in [0, 0.05) is 23.7 Å². The first-order valence-corrected chi connectivity index (χ1v) is 2.77. The van der Waals surface area contributed by atoms with Crippen LogP contribution in [0.3, 0.4) is 0 Å². The van der Waals surface area contributed by atoms with E-state index in [1.165, 1.54) is 12.5 Å². The third-order valence-electron chi connectivity index (χ3n) is 1.04. The fourth-order valence-electron chi connectivity index (χ4n) is 0.641. The van der Waals surface area contributed by atoms with Crippen molar-refractivity contribution in [3.05, 3.63) is 18.2 Å². The van der Waals surface area contributed by atoms with Crippen molar-refractivity contribution < 1.29 is 4.11 Å². The molecular weight excluding hydrogens is 186 g/mol. The van der Waals surface area contributed by atoms with Crippen LogP contribution in [0.1, 0.15) is 9.81 Å². The quantitative estimate of drug-likeness (QED) is 0.719. The summed E-state index contributed by atoms with van der Waals surface area (Å²) in [7, 11) is 0. The summed E-state index contributed by atoms with van der Waals surface area (Å²) in [5.41, 5.74) is 6.01. The van der Waals surface area contributed by atoms with Gasteiger partial charge in [-0.25, -0.2) is 4.98 Å². The SMILES string of the molecule is Cl.Cl.[2H][13C]([2H])([2H])n1cnc(CCN)c1. The molecule has 0 saturated heterocycles. The van der Waals surface area contributed by atoms with Gasteiger partial charge in [-0.2, -0.15) is 0 Å². The minimum absolute atomic E-state index is 0. The number of rotatable bonds is 2. The van der Waals surface area contributed by atoms with Crippen LogP contribution < -0.4 is 5.73 Å². The molecule has 1 heterocycles. The van der Waals surface area contributed by atoms with E-state index < -0.39 is 6.98 Å². The Balaban J connectivity index is 0. The van der Waals surface area contributed by atoms with Crippen LogP contribution in [0.5, 0.6) is 0 Å². The number of halogens is 2. The van der Waals surface area contributed by atoms with E-state index in [2.05, 4.69) is 4.98 Å². The second-order valence-corrected chi connectivity index (χ2v) is 1.81. The van der Waals surface area contributed by atoms with Crippen LogP contribution in [0.15, 0.2) is 12.5 Å². The van der Waals surface area contributed by atoms with Gasteiger partial charge < -0.3 is 10.3 Å². The Labute approximate surface area is 83.0 Å². The maximum absolute atomic E-state index is 7.04. The molecule has 0 aromatic carbocycles. The highest BCUT2D eigenvalue weighted by molar-refractivity contribution is 5.85. The lowest BCUT2D eigenvalue weighted by Crippen LogP contribution is -2.02. The van der Waals surface area contributed by atoms with Crippen LogP contribution >= 0.6 is 24.8 Å². The van der Waals surface area contributed by atoms with E-state index in [-0.39, 0.29) is 24.8 Å². The zero-order valence-electron chi connectivity index (χ0n) is 8.86. The molecule has 0 saturated carbocycles. The standard InChI is InChI=1S/C6H11N3.2ClH/c1-9-4-6(2-3-7)8-5-9;;/h4-5H,2-3,7H2,1H3;2*1H/i1+1D3;;. The maximum Gasteiger partial charge on any atom is 0.0946 e. The highest BCUT2D eigenvalue weighted by atomic mass is 35.5. The Morgan fingerprint density at radius 2 is 2.45 bits per heavy atom. The van der Waals surface area contributed by atoms with Gasteiger partial charge in [-0.1, -0.05) is 0 Å². The van der Waals surface area contributed by atoms with Crippen LogP contribution in [-0.4, -0.2) is 16.1 Å². The van der Waals surface area contributed by atoms with Crippen molar-refractivity contribution in [3.8, 4) is 0 Å². The van der Waals surface area contributed by atoms with E-state index in [0.717, 1.165) is 4.57 Å². The predicted molar refractivity (Wildman–Crippen MR) is 50.5 cm³/mol. The van der Waals surface area contributed by atoms with Crippen LogP contribution in [0, 0.1) is 0 Å². The van der Waals surface area contributed by atoms with Gasteiger partial charge >= 0.3 is 0 Å². The van der Waals surface area contributed by atoms with Gasteiger partial charge in [-0.05, 0) is 6.54 Å². The Bertz CT molecular complexity index is 261. The molecule has 0 radical (unpaired) electrons. The van der Waals surface area contributed by atoms with Crippen molar-refractivity contribution in [1.82, 2.24) is 9.55 Å². The Morgan fingerprint density at radius 1 is 1.73 bits per heavy atom. The number of aromatic nitrogens is 2. The minimum atomic E-state index is -2.13. The highest BCUT2D eigenvalue weighted by Gasteiger charge is 1.91. The molecule has 0 spiro atoms. The molecule has 1 rings (SSSR count). The van der Waals surface area contributed by atoms with E-state index in [4.69, 9.17) is 9.85 Å². The molecule has 0 amide bonds. The van der Waals surface area contributed by atoms with Crippen LogP contribution in [0.4, 0.5) is 0 Å². The normalized spacial score (nSPS) is 13.4. The lowest BCUT2D eigenvalue weighted by atomic mass is 10.3. The lowest BCUT2D eigenvalue weighted by molar-refractivity contribution is 0.906. The van der Waals surface area contributed by atoms with Crippen molar-refractivity contribution in [1.29, 1.82) is 0 Å². The zero-order chi connectivity index (χ0) is 9.19. The molecule has 0 aliphatic carbocycles. The fourth-order valence-corrected chi connectivity index (χ4v) is 0.641. The molecule has 66 valence electrons. The zero-order valence-corrected chi connectivity index (χ0v) is 7.49. The van der Waals surface area contributed by atoms with Gasteiger partial charge in [0.1, 0.15) is 0 Å². The number of nitrogens with two attached hydrogens (primary N) is 1. The summed E-state index contributed by atoms with van der Waals surface area (Å²) >= 11 is 0. The molecule has 1 aromatic heterocycles. The molecule has 2 N–H and O–H groups in total. The summed E-state index contributed by atoms with van der Waals surface area (Å²) in [5.74, 6) is 0. The number of nitrogens with zero attached hydrogens (tertiary/aromatic N) is 2. The average Bonchev–Trinajstić information content (AvgIpc) is 2.35. The van der Waals surface area contributed by atoms with Crippen molar-refractivity contribution in [3.63, 3.8) is 0 Å². The second-order valence-electron chi connectivity index (χ2n) is 1.81. The van der Waals surface area contributed by atoms with Gasteiger partial charge in [-0.3, -0.25) is 0 Å². The molecule has 3 nitrogen and oxygen atoms in total. The molecule has 1 aromatic rings. The van der Waals surface area contributed by atoms with Crippen LogP contribution in [0.25, 0.3) is 0 Å². The van der Waals surface area contributed by atoms with Gasteiger partial charge in [0.2, 0.25) is 0 Å². The Kier molecular flexibility index (Phi) is 4.35. The maximum atomic E-state index is 7.04. The number of imidazole rings is 1. The monoisotopic (exact) mass is 201 g/mol. The lowest BCUT2D eigenvalue weighted by Gasteiger charge is -1.86. The second kappa shape index (κ2) is 6.46. The van der Waals surface area contributed by atoms with Crippen molar-refractivity contribution in [2.24, 2.45) is 12.7 Å².